The number of hydrogen-bond acceptors (Lipinski definition) is 3. The van der Waals surface area contributed by atoms with Gasteiger partial charge in [0.05, 0.1) is 10.7 Å². The van der Waals surface area contributed by atoms with Crippen molar-refractivity contribution in [2.45, 2.75) is 45.1 Å². The summed E-state index contributed by atoms with van der Waals surface area (Å²) < 4.78 is 5.29. The molecule has 1 atom stereocenters. The van der Waals surface area contributed by atoms with Gasteiger partial charge in [0.15, 0.2) is 0 Å². The molecule has 0 spiro atoms. The zero-order chi connectivity index (χ0) is 12.0. The first-order chi connectivity index (χ1) is 8.16. The number of aromatic nitrogens is 1. The Labute approximate surface area is 105 Å². The van der Waals surface area contributed by atoms with Crippen LogP contribution >= 0.6 is 11.6 Å². The first-order valence-corrected chi connectivity index (χ1v) is 6.42. The van der Waals surface area contributed by atoms with Crippen molar-refractivity contribution < 1.29 is 9.53 Å². The van der Waals surface area contributed by atoms with Crippen LogP contribution in [0.1, 0.15) is 48.4 Å². The van der Waals surface area contributed by atoms with Crippen LogP contribution in [0.5, 0.6) is 0 Å². The third kappa shape index (κ3) is 1.73. The Morgan fingerprint density at radius 2 is 2.18 bits per heavy atom. The molecule has 1 unspecified atom stereocenters. The minimum Gasteiger partial charge on any atom is -0.456 e. The highest BCUT2D eigenvalue weighted by atomic mass is 35.5. The normalized spacial score (nSPS) is 21.2. The summed E-state index contributed by atoms with van der Waals surface area (Å²) in [4.78, 5) is 15.7. The molecule has 3 nitrogen and oxygen atoms in total. The van der Waals surface area contributed by atoms with Crippen LogP contribution in [0, 0.1) is 0 Å². The quantitative estimate of drug-likeness (QED) is 0.721. The molecule has 0 fully saturated rings. The molecule has 0 bridgehead atoms. The number of rotatable bonds is 1. The van der Waals surface area contributed by atoms with Gasteiger partial charge in [-0.25, -0.2) is 0 Å². The third-order valence-electron chi connectivity index (χ3n) is 3.55. The monoisotopic (exact) mass is 251 g/mol. The Bertz CT molecular complexity index is 499. The molecule has 17 heavy (non-hydrogen) atoms. The fourth-order valence-electron chi connectivity index (χ4n) is 2.83. The number of carbonyl (C=O) groups excluding carboxylic acids is 1. The molecular weight excluding hydrogens is 238 g/mol. The van der Waals surface area contributed by atoms with Crippen LogP contribution in [0.25, 0.3) is 0 Å². The maximum Gasteiger partial charge on any atom is 0.303 e. The van der Waals surface area contributed by atoms with Crippen molar-refractivity contribution in [2.24, 2.45) is 0 Å². The first kappa shape index (κ1) is 11.0. The van der Waals surface area contributed by atoms with E-state index in [-0.39, 0.29) is 12.1 Å². The van der Waals surface area contributed by atoms with Gasteiger partial charge in [-0.1, -0.05) is 11.6 Å². The summed E-state index contributed by atoms with van der Waals surface area (Å²) in [6, 6.07) is 0. The number of hydrogen-bond donors (Lipinski definition) is 0. The van der Waals surface area contributed by atoms with E-state index in [9.17, 15) is 4.79 Å². The topological polar surface area (TPSA) is 39.2 Å². The molecule has 1 aromatic rings. The Hall–Kier alpha value is -1.09. The van der Waals surface area contributed by atoms with Crippen molar-refractivity contribution in [2.75, 3.05) is 0 Å². The molecule has 0 amide bonds. The van der Waals surface area contributed by atoms with E-state index in [4.69, 9.17) is 16.3 Å². The number of fused-ring (bicyclic) bond motifs is 2. The van der Waals surface area contributed by atoms with E-state index in [1.54, 1.807) is 0 Å². The van der Waals surface area contributed by atoms with E-state index in [2.05, 4.69) is 4.98 Å². The third-order valence-corrected chi connectivity index (χ3v) is 4.01. The average Bonchev–Trinajstić information content (AvgIpc) is 2.86. The molecule has 0 aliphatic heterocycles. The number of halogens is 1. The summed E-state index contributed by atoms with van der Waals surface area (Å²) in [6.07, 6.45) is 4.65. The molecule has 4 heteroatoms. The van der Waals surface area contributed by atoms with Crippen LogP contribution in [0.2, 0.25) is 5.02 Å². The highest BCUT2D eigenvalue weighted by Gasteiger charge is 2.32. The van der Waals surface area contributed by atoms with Gasteiger partial charge in [0, 0.05) is 12.6 Å². The number of aryl methyl sites for hydroxylation is 1. The van der Waals surface area contributed by atoms with Crippen molar-refractivity contribution in [3.63, 3.8) is 0 Å². The van der Waals surface area contributed by atoms with E-state index >= 15 is 0 Å². The van der Waals surface area contributed by atoms with Gasteiger partial charge < -0.3 is 4.74 Å². The minimum absolute atomic E-state index is 0.189. The maximum atomic E-state index is 11.0. The van der Waals surface area contributed by atoms with Crippen molar-refractivity contribution in [3.05, 3.63) is 27.5 Å². The van der Waals surface area contributed by atoms with Gasteiger partial charge in [0.25, 0.3) is 0 Å². The van der Waals surface area contributed by atoms with Crippen LogP contribution in [-0.2, 0) is 28.8 Å². The predicted octanol–water partition coefficient (Wildman–Crippen LogP) is 2.77. The first-order valence-electron chi connectivity index (χ1n) is 6.04. The van der Waals surface area contributed by atoms with Crippen LogP contribution < -0.4 is 0 Å². The Morgan fingerprint density at radius 1 is 1.35 bits per heavy atom. The predicted molar refractivity (Wildman–Crippen MR) is 64.1 cm³/mol. The molecule has 1 aromatic heterocycles. The van der Waals surface area contributed by atoms with Gasteiger partial charge in [0.1, 0.15) is 6.10 Å². The molecule has 1 heterocycles. The second kappa shape index (κ2) is 3.98. The van der Waals surface area contributed by atoms with Crippen LogP contribution in [0.3, 0.4) is 0 Å². The smallest absolute Gasteiger partial charge is 0.303 e. The van der Waals surface area contributed by atoms with Gasteiger partial charge >= 0.3 is 5.97 Å². The molecule has 0 radical (unpaired) electrons. The highest BCUT2D eigenvalue weighted by Crippen LogP contribution is 2.41. The zero-order valence-electron chi connectivity index (χ0n) is 9.75. The number of carbonyl (C=O) groups is 1. The molecule has 0 saturated carbocycles. The largest absolute Gasteiger partial charge is 0.456 e. The van der Waals surface area contributed by atoms with E-state index in [0.29, 0.717) is 0 Å². The number of esters is 1. The van der Waals surface area contributed by atoms with Crippen molar-refractivity contribution in [3.8, 4) is 0 Å². The molecular formula is C13H14ClNO2. The molecule has 0 aromatic carbocycles. The molecule has 2 aliphatic carbocycles. The molecule has 3 rings (SSSR count). The Morgan fingerprint density at radius 3 is 2.94 bits per heavy atom. The van der Waals surface area contributed by atoms with E-state index in [1.807, 2.05) is 0 Å². The number of nitrogens with zero attached hydrogens (tertiary/aromatic N) is 1. The van der Waals surface area contributed by atoms with Crippen LogP contribution in [0.15, 0.2) is 0 Å². The lowest BCUT2D eigenvalue weighted by Crippen LogP contribution is -2.08. The molecule has 2 aliphatic rings. The van der Waals surface area contributed by atoms with Crippen LogP contribution in [-0.4, -0.2) is 11.0 Å². The SMILES string of the molecule is CC(=O)OC1CCc2c1nc1c(c2Cl)CCC1. The number of pyridine rings is 1. The summed E-state index contributed by atoms with van der Waals surface area (Å²) in [5, 5.41) is 0.872. The van der Waals surface area contributed by atoms with Crippen molar-refractivity contribution in [1.82, 2.24) is 4.98 Å². The lowest BCUT2D eigenvalue weighted by atomic mass is 10.1. The number of ether oxygens (including phenoxy) is 1. The Kier molecular flexibility index (Phi) is 2.58. The maximum absolute atomic E-state index is 11.0. The zero-order valence-corrected chi connectivity index (χ0v) is 10.5. The molecule has 0 N–H and O–H groups in total. The standard InChI is InChI=1S/C13H14ClNO2/c1-7(16)17-11-6-5-9-12(14)8-3-2-4-10(8)15-13(9)11/h11H,2-6H2,1H3. The second-order valence-electron chi connectivity index (χ2n) is 4.71. The summed E-state index contributed by atoms with van der Waals surface area (Å²) in [6.45, 7) is 1.44. The van der Waals surface area contributed by atoms with Gasteiger partial charge in [-0.3, -0.25) is 9.78 Å². The summed E-state index contributed by atoms with van der Waals surface area (Å²) in [7, 11) is 0. The van der Waals surface area contributed by atoms with Gasteiger partial charge in [-0.15, -0.1) is 0 Å². The lowest BCUT2D eigenvalue weighted by molar-refractivity contribution is -0.146. The van der Waals surface area contributed by atoms with Gasteiger partial charge in [-0.05, 0) is 43.2 Å². The fourth-order valence-corrected chi connectivity index (χ4v) is 3.22. The highest BCUT2D eigenvalue weighted by molar-refractivity contribution is 6.32. The lowest BCUT2D eigenvalue weighted by Gasteiger charge is -2.13. The van der Waals surface area contributed by atoms with E-state index in [1.165, 1.54) is 12.5 Å². The van der Waals surface area contributed by atoms with Crippen molar-refractivity contribution in [1.29, 1.82) is 0 Å². The van der Waals surface area contributed by atoms with Crippen molar-refractivity contribution >= 4 is 17.6 Å². The minimum atomic E-state index is -0.249. The van der Waals surface area contributed by atoms with Crippen LogP contribution in [0.4, 0.5) is 0 Å². The molecule has 90 valence electrons. The summed E-state index contributed by atoms with van der Waals surface area (Å²) in [5.74, 6) is -0.249. The fraction of sp³-hybridized carbons (Fsp3) is 0.538. The molecule has 0 saturated heterocycles. The van der Waals surface area contributed by atoms with E-state index < -0.39 is 0 Å². The summed E-state index contributed by atoms with van der Waals surface area (Å²) in [5.41, 5.74) is 4.31. The summed E-state index contributed by atoms with van der Waals surface area (Å²) >= 11 is 6.42. The second-order valence-corrected chi connectivity index (χ2v) is 5.08. The van der Waals surface area contributed by atoms with Gasteiger partial charge in [0.2, 0.25) is 0 Å². The average molecular weight is 252 g/mol. The Balaban J connectivity index is 2.04. The van der Waals surface area contributed by atoms with Gasteiger partial charge in [-0.2, -0.15) is 0 Å². The van der Waals surface area contributed by atoms with E-state index in [0.717, 1.165) is 54.1 Å².